The number of Topliss-reactive ketones (excluding diaryl/α,β-unsaturated/α-hetero) is 1. The van der Waals surface area contributed by atoms with Crippen molar-refractivity contribution in [3.63, 3.8) is 0 Å². The van der Waals surface area contributed by atoms with Gasteiger partial charge in [0.2, 0.25) is 0 Å². The van der Waals surface area contributed by atoms with Gasteiger partial charge in [-0.25, -0.2) is 4.39 Å². The van der Waals surface area contributed by atoms with Gasteiger partial charge >= 0.3 is 0 Å². The lowest BCUT2D eigenvalue weighted by molar-refractivity contribution is -0.256. The Kier molecular flexibility index (Phi) is 4.99. The van der Waals surface area contributed by atoms with Gasteiger partial charge in [0, 0.05) is 16.7 Å². The summed E-state index contributed by atoms with van der Waals surface area (Å²) < 4.78 is 30.2. The summed E-state index contributed by atoms with van der Waals surface area (Å²) in [6.07, 6.45) is 5.15. The second-order valence-corrected chi connectivity index (χ2v) is 11.1. The minimum absolute atomic E-state index is 0.0183. The van der Waals surface area contributed by atoms with Gasteiger partial charge in [-0.2, -0.15) is 0 Å². The van der Waals surface area contributed by atoms with E-state index < -0.39 is 58.4 Å². The SMILES string of the molecule is CCC1(CC)O[C@@H]2C[C@H]3[C@@H]4CCC5=CC(=O)C=C[C@]5(C)C4(F)[C@@H](O)C[C@]3(C)[C@]2(C(=O)CO)O1. The maximum Gasteiger partial charge on any atom is 0.193 e. The van der Waals surface area contributed by atoms with Crippen LogP contribution in [0.5, 0.6) is 0 Å². The van der Waals surface area contributed by atoms with Crippen molar-refractivity contribution in [3.8, 4) is 0 Å². The molecular weight excluding hydrogens is 427 g/mol. The van der Waals surface area contributed by atoms with Crippen LogP contribution in [0.1, 0.15) is 66.2 Å². The molecule has 33 heavy (non-hydrogen) atoms. The molecule has 2 N–H and O–H groups in total. The Balaban J connectivity index is 1.63. The molecule has 0 amide bonds. The molecule has 6 nitrogen and oxygen atoms in total. The Morgan fingerprint density at radius 2 is 1.94 bits per heavy atom. The van der Waals surface area contributed by atoms with Gasteiger partial charge < -0.3 is 19.7 Å². The van der Waals surface area contributed by atoms with Gasteiger partial charge in [0.25, 0.3) is 0 Å². The van der Waals surface area contributed by atoms with Gasteiger partial charge in [-0.15, -0.1) is 0 Å². The molecule has 5 aliphatic rings. The van der Waals surface area contributed by atoms with Crippen molar-refractivity contribution in [2.24, 2.45) is 22.7 Å². The monoisotopic (exact) mass is 462 g/mol. The van der Waals surface area contributed by atoms with E-state index in [2.05, 4.69) is 0 Å². The van der Waals surface area contributed by atoms with E-state index in [1.165, 1.54) is 12.2 Å². The van der Waals surface area contributed by atoms with Crippen LogP contribution in [0.3, 0.4) is 0 Å². The third-order valence-corrected chi connectivity index (χ3v) is 10.1. The molecule has 4 fully saturated rings. The molecule has 1 heterocycles. The number of hydrogen-bond donors (Lipinski definition) is 2. The molecule has 5 rings (SSSR count). The van der Waals surface area contributed by atoms with Crippen LogP contribution >= 0.6 is 0 Å². The highest BCUT2D eigenvalue weighted by Crippen LogP contribution is 2.72. The highest BCUT2D eigenvalue weighted by atomic mass is 19.1. The standard InChI is InChI=1S/C26H35FO6/c1-5-24(6-2)32-21-12-18-17-8-7-15-11-16(29)9-10-22(15,3)25(17,27)19(30)13-23(18,4)26(21,33-24)20(31)14-28/h9-11,17-19,21,28,30H,5-8,12-14H2,1-4H3/t17-,18-,19-,21+,22-,23-,25?,26+/m0/s1. The highest BCUT2D eigenvalue weighted by molar-refractivity contribution is 6.01. The topological polar surface area (TPSA) is 93.1 Å². The third kappa shape index (κ3) is 2.52. The number of carbonyl (C=O) groups excluding carboxylic acids is 2. The molecule has 1 unspecified atom stereocenters. The Bertz CT molecular complexity index is 954. The average molecular weight is 463 g/mol. The zero-order valence-corrected chi connectivity index (χ0v) is 19.9. The van der Waals surface area contributed by atoms with E-state index in [4.69, 9.17) is 9.47 Å². The zero-order chi connectivity index (χ0) is 24.0. The van der Waals surface area contributed by atoms with Crippen LogP contribution in [-0.2, 0) is 19.1 Å². The number of hydrogen-bond acceptors (Lipinski definition) is 6. The van der Waals surface area contributed by atoms with Crippen LogP contribution < -0.4 is 0 Å². The number of ketones is 2. The minimum Gasteiger partial charge on any atom is -0.390 e. The molecular formula is C26H35FO6. The number of alkyl halides is 1. The number of fused-ring (bicyclic) bond motifs is 7. The van der Waals surface area contributed by atoms with Gasteiger partial charge in [-0.1, -0.05) is 32.4 Å². The lowest BCUT2D eigenvalue weighted by Crippen LogP contribution is -2.70. The second kappa shape index (κ2) is 7.06. The molecule has 0 aromatic rings. The fraction of sp³-hybridized carbons (Fsp3) is 0.769. The molecule has 0 aromatic carbocycles. The first kappa shape index (κ1) is 23.3. The van der Waals surface area contributed by atoms with Crippen LogP contribution in [0.4, 0.5) is 4.39 Å². The van der Waals surface area contributed by atoms with Gasteiger partial charge in [0.05, 0.1) is 12.2 Å². The van der Waals surface area contributed by atoms with Crippen LogP contribution in [0.2, 0.25) is 0 Å². The summed E-state index contributed by atoms with van der Waals surface area (Å²) in [5, 5.41) is 21.4. The van der Waals surface area contributed by atoms with Crippen molar-refractivity contribution in [2.75, 3.05) is 6.61 Å². The molecule has 3 saturated carbocycles. The summed E-state index contributed by atoms with van der Waals surface area (Å²) in [7, 11) is 0. The summed E-state index contributed by atoms with van der Waals surface area (Å²) in [6, 6.07) is 0. The lowest BCUT2D eigenvalue weighted by atomic mass is 9.44. The average Bonchev–Trinajstić information content (AvgIpc) is 3.25. The van der Waals surface area contributed by atoms with Crippen molar-refractivity contribution < 1.29 is 33.7 Å². The zero-order valence-electron chi connectivity index (χ0n) is 19.9. The van der Waals surface area contributed by atoms with Crippen LogP contribution in [0, 0.1) is 22.7 Å². The van der Waals surface area contributed by atoms with Crippen molar-refractivity contribution in [1.29, 1.82) is 0 Å². The molecule has 182 valence electrons. The van der Waals surface area contributed by atoms with Gasteiger partial charge in [-0.05, 0) is 63.5 Å². The lowest BCUT2D eigenvalue weighted by Gasteiger charge is -2.62. The Morgan fingerprint density at radius 1 is 1.24 bits per heavy atom. The fourth-order valence-corrected chi connectivity index (χ4v) is 8.31. The van der Waals surface area contributed by atoms with Gasteiger partial charge in [0.1, 0.15) is 6.61 Å². The summed E-state index contributed by atoms with van der Waals surface area (Å²) in [5.41, 5.74) is -4.66. The van der Waals surface area contributed by atoms with Crippen LogP contribution in [-0.4, -0.2) is 57.7 Å². The largest absolute Gasteiger partial charge is 0.390 e. The van der Waals surface area contributed by atoms with E-state index in [9.17, 15) is 19.8 Å². The molecule has 1 aliphatic heterocycles. The first-order chi connectivity index (χ1) is 15.5. The van der Waals surface area contributed by atoms with Crippen LogP contribution in [0.25, 0.3) is 0 Å². The number of rotatable bonds is 4. The Morgan fingerprint density at radius 3 is 2.58 bits per heavy atom. The number of aliphatic hydroxyl groups is 2. The summed E-state index contributed by atoms with van der Waals surface area (Å²) in [6.45, 7) is 6.87. The van der Waals surface area contributed by atoms with Gasteiger partial charge in [-0.3, -0.25) is 9.59 Å². The molecule has 4 aliphatic carbocycles. The van der Waals surface area contributed by atoms with Crippen molar-refractivity contribution in [1.82, 2.24) is 0 Å². The minimum atomic E-state index is -1.98. The predicted octanol–water partition coefficient (Wildman–Crippen LogP) is 3.20. The summed E-state index contributed by atoms with van der Waals surface area (Å²) in [5.74, 6) is -2.35. The maximum atomic E-state index is 17.3. The highest BCUT2D eigenvalue weighted by Gasteiger charge is 2.80. The molecule has 1 saturated heterocycles. The fourth-order valence-electron chi connectivity index (χ4n) is 8.31. The van der Waals surface area contributed by atoms with E-state index in [-0.39, 0.29) is 18.1 Å². The number of aliphatic hydroxyl groups excluding tert-OH is 2. The van der Waals surface area contributed by atoms with E-state index in [1.54, 1.807) is 13.0 Å². The summed E-state index contributed by atoms with van der Waals surface area (Å²) >= 11 is 0. The molecule has 0 radical (unpaired) electrons. The quantitative estimate of drug-likeness (QED) is 0.667. The number of allylic oxidation sites excluding steroid dienone is 4. The van der Waals surface area contributed by atoms with Crippen molar-refractivity contribution in [2.45, 2.75) is 95.5 Å². The van der Waals surface area contributed by atoms with E-state index in [0.29, 0.717) is 32.1 Å². The first-order valence-corrected chi connectivity index (χ1v) is 12.3. The Labute approximate surface area is 194 Å². The number of ether oxygens (including phenoxy) is 2. The molecule has 0 bridgehead atoms. The van der Waals surface area contributed by atoms with E-state index in [1.807, 2.05) is 20.8 Å². The first-order valence-electron chi connectivity index (χ1n) is 12.3. The van der Waals surface area contributed by atoms with Crippen molar-refractivity contribution in [3.05, 3.63) is 23.8 Å². The molecule has 0 aromatic heterocycles. The Hall–Kier alpha value is -1.41. The van der Waals surface area contributed by atoms with Crippen molar-refractivity contribution >= 4 is 11.6 Å². The third-order valence-electron chi connectivity index (χ3n) is 10.1. The molecule has 7 heteroatoms. The van der Waals surface area contributed by atoms with Crippen LogP contribution in [0.15, 0.2) is 23.8 Å². The maximum absolute atomic E-state index is 17.3. The van der Waals surface area contributed by atoms with E-state index >= 15 is 4.39 Å². The number of halogens is 1. The van der Waals surface area contributed by atoms with E-state index in [0.717, 1.165) is 5.57 Å². The van der Waals surface area contributed by atoms with Gasteiger partial charge in [0.15, 0.2) is 28.6 Å². The molecule has 8 atom stereocenters. The normalized spacial score (nSPS) is 49.7. The second-order valence-electron chi connectivity index (χ2n) is 11.1. The molecule has 0 spiro atoms. The number of carbonyl (C=O) groups is 2. The smallest absolute Gasteiger partial charge is 0.193 e. The predicted molar refractivity (Wildman–Crippen MR) is 118 cm³/mol. The summed E-state index contributed by atoms with van der Waals surface area (Å²) in [4.78, 5) is 25.4.